The molecule has 0 aromatic rings. The second kappa shape index (κ2) is 4.03. The number of fused-ring (bicyclic) bond motifs is 2. The molecule has 20 heavy (non-hydrogen) atoms. The average Bonchev–Trinajstić information content (AvgIpc) is 2.66. The van der Waals surface area contributed by atoms with Crippen LogP contribution in [0, 0.1) is 17.3 Å². The van der Waals surface area contributed by atoms with Crippen molar-refractivity contribution in [1.29, 1.82) is 0 Å². The SMILES string of the molecule is CO[C@]12C=C3C=CC(=O)[C@@H](C)[C@@]3(C)C[C@@]1(O)[C@H](C)CO2. The Bertz CT molecular complexity index is 523. The predicted octanol–water partition coefficient (Wildman–Crippen LogP) is 1.84. The Labute approximate surface area is 119 Å². The van der Waals surface area contributed by atoms with Crippen molar-refractivity contribution in [2.45, 2.75) is 38.6 Å². The normalized spacial score (nSPS) is 50.6. The Kier molecular flexibility index (Phi) is 2.82. The Morgan fingerprint density at radius 2 is 2.10 bits per heavy atom. The molecule has 0 bridgehead atoms. The molecule has 4 heteroatoms. The molecule has 1 heterocycles. The van der Waals surface area contributed by atoms with Crippen molar-refractivity contribution in [1.82, 2.24) is 0 Å². The van der Waals surface area contributed by atoms with E-state index in [9.17, 15) is 9.90 Å². The molecule has 0 aromatic heterocycles. The summed E-state index contributed by atoms with van der Waals surface area (Å²) < 4.78 is 11.4. The number of aliphatic hydroxyl groups is 1. The molecule has 2 aliphatic carbocycles. The second-order valence-corrected chi connectivity index (χ2v) is 6.66. The van der Waals surface area contributed by atoms with Crippen LogP contribution in [0.1, 0.15) is 27.2 Å². The summed E-state index contributed by atoms with van der Waals surface area (Å²) in [4.78, 5) is 12.0. The first-order valence-electron chi connectivity index (χ1n) is 7.16. The predicted molar refractivity (Wildman–Crippen MR) is 73.9 cm³/mol. The molecule has 0 saturated carbocycles. The van der Waals surface area contributed by atoms with Crippen molar-refractivity contribution in [3.05, 3.63) is 23.8 Å². The monoisotopic (exact) mass is 278 g/mol. The highest BCUT2D eigenvalue weighted by molar-refractivity contribution is 5.94. The number of rotatable bonds is 1. The number of ether oxygens (including phenoxy) is 2. The van der Waals surface area contributed by atoms with Crippen LogP contribution >= 0.6 is 0 Å². The minimum absolute atomic E-state index is 0.0368. The molecule has 3 rings (SSSR count). The minimum atomic E-state index is -1.10. The smallest absolute Gasteiger partial charge is 0.218 e. The van der Waals surface area contributed by atoms with Crippen LogP contribution in [0.2, 0.25) is 0 Å². The van der Waals surface area contributed by atoms with E-state index in [1.165, 1.54) is 0 Å². The van der Waals surface area contributed by atoms with Crippen molar-refractivity contribution in [2.75, 3.05) is 13.7 Å². The van der Waals surface area contributed by atoms with E-state index in [0.29, 0.717) is 13.0 Å². The van der Waals surface area contributed by atoms with E-state index in [1.807, 2.05) is 32.9 Å². The van der Waals surface area contributed by atoms with Gasteiger partial charge in [-0.3, -0.25) is 4.79 Å². The molecule has 110 valence electrons. The maximum Gasteiger partial charge on any atom is 0.218 e. The lowest BCUT2D eigenvalue weighted by atomic mass is 9.56. The zero-order valence-electron chi connectivity index (χ0n) is 12.5. The first-order valence-corrected chi connectivity index (χ1v) is 7.16. The Hall–Kier alpha value is -0.970. The molecule has 1 aliphatic heterocycles. The van der Waals surface area contributed by atoms with Crippen LogP contribution in [0.5, 0.6) is 0 Å². The lowest BCUT2D eigenvalue weighted by molar-refractivity contribution is -0.256. The summed E-state index contributed by atoms with van der Waals surface area (Å²) in [7, 11) is 1.56. The van der Waals surface area contributed by atoms with Gasteiger partial charge in [-0.25, -0.2) is 0 Å². The van der Waals surface area contributed by atoms with Gasteiger partial charge in [0.2, 0.25) is 5.79 Å². The molecule has 1 N–H and O–H groups in total. The summed E-state index contributed by atoms with van der Waals surface area (Å²) in [6.07, 6.45) is 5.80. The van der Waals surface area contributed by atoms with E-state index >= 15 is 0 Å². The average molecular weight is 278 g/mol. The van der Waals surface area contributed by atoms with Crippen molar-refractivity contribution >= 4 is 5.78 Å². The van der Waals surface area contributed by atoms with Crippen LogP contribution in [0.4, 0.5) is 0 Å². The summed E-state index contributed by atoms with van der Waals surface area (Å²) in [6.45, 7) is 6.40. The fraction of sp³-hybridized carbons (Fsp3) is 0.688. The largest absolute Gasteiger partial charge is 0.383 e. The third-order valence-corrected chi connectivity index (χ3v) is 5.72. The quantitative estimate of drug-likeness (QED) is 0.795. The number of allylic oxidation sites excluding steroid dienone is 3. The van der Waals surface area contributed by atoms with Crippen LogP contribution in [-0.2, 0) is 14.3 Å². The summed E-state index contributed by atoms with van der Waals surface area (Å²) in [5.74, 6) is -1.16. The zero-order valence-corrected chi connectivity index (χ0v) is 12.5. The molecular formula is C16H22O4. The van der Waals surface area contributed by atoms with Crippen LogP contribution < -0.4 is 0 Å². The lowest BCUT2D eigenvalue weighted by Gasteiger charge is -2.52. The van der Waals surface area contributed by atoms with Gasteiger partial charge in [0.25, 0.3) is 0 Å². The number of hydrogen-bond donors (Lipinski definition) is 1. The van der Waals surface area contributed by atoms with Gasteiger partial charge in [0.1, 0.15) is 5.60 Å². The molecule has 4 nitrogen and oxygen atoms in total. The summed E-state index contributed by atoms with van der Waals surface area (Å²) in [5, 5.41) is 11.2. The standard InChI is InChI=1S/C16H22O4/c1-10-8-20-16(19-4)7-12-5-6-13(17)11(2)14(12,3)9-15(10,16)18/h5-7,10-11,18H,8-9H2,1-4H3/t10-,11-,14-,15-,16+/m1/s1. The summed E-state index contributed by atoms with van der Waals surface area (Å²) in [5.41, 5.74) is -0.449. The highest BCUT2D eigenvalue weighted by Gasteiger charge is 2.65. The first kappa shape index (κ1) is 14.0. The number of carbonyl (C=O) groups is 1. The molecule has 3 aliphatic rings. The van der Waals surface area contributed by atoms with Gasteiger partial charge >= 0.3 is 0 Å². The number of hydrogen-bond acceptors (Lipinski definition) is 4. The molecule has 0 amide bonds. The number of methoxy groups -OCH3 is 1. The van der Waals surface area contributed by atoms with Crippen LogP contribution in [-0.4, -0.2) is 36.0 Å². The molecule has 0 spiro atoms. The van der Waals surface area contributed by atoms with E-state index < -0.39 is 11.4 Å². The Balaban J connectivity index is 2.19. The minimum Gasteiger partial charge on any atom is -0.383 e. The lowest BCUT2D eigenvalue weighted by Crippen LogP contribution is -2.61. The molecule has 0 radical (unpaired) electrons. The van der Waals surface area contributed by atoms with E-state index in [2.05, 4.69) is 0 Å². The van der Waals surface area contributed by atoms with Gasteiger partial charge in [-0.15, -0.1) is 0 Å². The van der Waals surface area contributed by atoms with Crippen LogP contribution in [0.3, 0.4) is 0 Å². The maximum atomic E-state index is 12.0. The second-order valence-electron chi connectivity index (χ2n) is 6.66. The van der Waals surface area contributed by atoms with Gasteiger partial charge in [-0.05, 0) is 24.1 Å². The van der Waals surface area contributed by atoms with Crippen molar-refractivity contribution in [3.8, 4) is 0 Å². The molecule has 1 saturated heterocycles. The van der Waals surface area contributed by atoms with E-state index in [-0.39, 0.29) is 23.0 Å². The first-order chi connectivity index (χ1) is 9.29. The molecule has 5 atom stereocenters. The van der Waals surface area contributed by atoms with Gasteiger partial charge in [-0.1, -0.05) is 26.8 Å². The number of ketones is 1. The summed E-state index contributed by atoms with van der Waals surface area (Å²) >= 11 is 0. The van der Waals surface area contributed by atoms with Crippen molar-refractivity contribution < 1.29 is 19.4 Å². The topological polar surface area (TPSA) is 55.8 Å². The van der Waals surface area contributed by atoms with E-state index in [1.54, 1.807) is 13.2 Å². The van der Waals surface area contributed by atoms with E-state index in [4.69, 9.17) is 9.47 Å². The third-order valence-electron chi connectivity index (χ3n) is 5.72. The third kappa shape index (κ3) is 1.45. The molecular weight excluding hydrogens is 256 g/mol. The Morgan fingerprint density at radius 3 is 2.75 bits per heavy atom. The fourth-order valence-corrected chi connectivity index (χ4v) is 3.92. The van der Waals surface area contributed by atoms with Gasteiger partial charge in [0, 0.05) is 24.4 Å². The van der Waals surface area contributed by atoms with Crippen LogP contribution in [0.25, 0.3) is 0 Å². The van der Waals surface area contributed by atoms with E-state index in [0.717, 1.165) is 5.57 Å². The van der Waals surface area contributed by atoms with Crippen molar-refractivity contribution in [3.63, 3.8) is 0 Å². The number of carbonyl (C=O) groups excluding carboxylic acids is 1. The van der Waals surface area contributed by atoms with Gasteiger partial charge in [0.15, 0.2) is 5.78 Å². The zero-order chi connectivity index (χ0) is 14.8. The van der Waals surface area contributed by atoms with Gasteiger partial charge in [-0.2, -0.15) is 0 Å². The highest BCUT2D eigenvalue weighted by atomic mass is 16.7. The maximum absolute atomic E-state index is 12.0. The van der Waals surface area contributed by atoms with Crippen molar-refractivity contribution in [2.24, 2.45) is 17.3 Å². The molecule has 1 fully saturated rings. The van der Waals surface area contributed by atoms with Crippen LogP contribution in [0.15, 0.2) is 23.8 Å². The molecule has 0 aromatic carbocycles. The summed E-state index contributed by atoms with van der Waals surface area (Å²) in [6, 6.07) is 0. The van der Waals surface area contributed by atoms with Gasteiger partial charge in [0.05, 0.1) is 6.61 Å². The Morgan fingerprint density at radius 1 is 1.40 bits per heavy atom. The highest BCUT2D eigenvalue weighted by Crippen LogP contribution is 2.58. The molecule has 0 unspecified atom stereocenters. The van der Waals surface area contributed by atoms with Gasteiger partial charge < -0.3 is 14.6 Å². The fourth-order valence-electron chi connectivity index (χ4n) is 3.92.